The maximum Gasteiger partial charge on any atom is 0.240 e. The van der Waals surface area contributed by atoms with Crippen molar-refractivity contribution in [3.05, 3.63) is 29.3 Å². The number of nitrogens with two attached hydrogens (primary N) is 1. The van der Waals surface area contributed by atoms with Crippen LogP contribution in [0.5, 0.6) is 0 Å². The zero-order valence-corrected chi connectivity index (χ0v) is 12.9. The minimum absolute atomic E-state index is 0.0792. The predicted octanol–water partition coefficient (Wildman–Crippen LogP) is 2.17. The standard InChI is InChI=1S/C14H24N2O2S/c1-5-10(2)12(4)16-19(17,18)14-7-6-13(9-15)11(3)8-14/h6-8,10,12,16H,5,9,15H2,1-4H3. The molecule has 2 atom stereocenters. The van der Waals surface area contributed by atoms with Gasteiger partial charge in [-0.15, -0.1) is 0 Å². The molecule has 0 aliphatic heterocycles. The van der Waals surface area contributed by atoms with Gasteiger partial charge in [0.2, 0.25) is 10.0 Å². The molecule has 2 unspecified atom stereocenters. The minimum Gasteiger partial charge on any atom is -0.326 e. The molecule has 0 spiro atoms. The van der Waals surface area contributed by atoms with Gasteiger partial charge >= 0.3 is 0 Å². The Kier molecular flexibility index (Phi) is 5.52. The molecule has 0 aliphatic carbocycles. The van der Waals surface area contributed by atoms with E-state index in [2.05, 4.69) is 11.6 Å². The Morgan fingerprint density at radius 3 is 2.42 bits per heavy atom. The summed E-state index contributed by atoms with van der Waals surface area (Å²) in [6.07, 6.45) is 0.939. The Morgan fingerprint density at radius 1 is 1.32 bits per heavy atom. The van der Waals surface area contributed by atoms with E-state index in [1.165, 1.54) is 0 Å². The molecule has 0 amide bonds. The van der Waals surface area contributed by atoms with Crippen LogP contribution in [0.15, 0.2) is 23.1 Å². The van der Waals surface area contributed by atoms with Crippen LogP contribution in [0, 0.1) is 12.8 Å². The molecule has 0 bridgehead atoms. The Bertz CT molecular complexity index is 526. The average molecular weight is 284 g/mol. The number of hydrogen-bond acceptors (Lipinski definition) is 3. The molecule has 0 fully saturated rings. The molecular formula is C14H24N2O2S. The summed E-state index contributed by atoms with van der Waals surface area (Å²) in [6.45, 7) is 8.28. The van der Waals surface area contributed by atoms with Crippen LogP contribution in [0.25, 0.3) is 0 Å². The van der Waals surface area contributed by atoms with Crippen molar-refractivity contribution in [2.75, 3.05) is 0 Å². The fourth-order valence-corrected chi connectivity index (χ4v) is 3.28. The van der Waals surface area contributed by atoms with Crippen molar-refractivity contribution in [3.8, 4) is 0 Å². The quantitative estimate of drug-likeness (QED) is 0.841. The van der Waals surface area contributed by atoms with E-state index in [1.54, 1.807) is 18.2 Å². The summed E-state index contributed by atoms with van der Waals surface area (Å²) in [6, 6.07) is 4.98. The summed E-state index contributed by atoms with van der Waals surface area (Å²) in [7, 11) is -3.45. The van der Waals surface area contributed by atoms with Gasteiger partial charge in [0.05, 0.1) is 4.90 Å². The van der Waals surface area contributed by atoms with Crippen molar-refractivity contribution in [3.63, 3.8) is 0 Å². The van der Waals surface area contributed by atoms with E-state index in [9.17, 15) is 8.42 Å². The highest BCUT2D eigenvalue weighted by molar-refractivity contribution is 7.89. The first-order chi connectivity index (χ1) is 8.81. The first-order valence-electron chi connectivity index (χ1n) is 6.63. The lowest BCUT2D eigenvalue weighted by atomic mass is 10.0. The van der Waals surface area contributed by atoms with Crippen molar-refractivity contribution in [2.24, 2.45) is 11.7 Å². The van der Waals surface area contributed by atoms with Crippen LogP contribution in [0.1, 0.15) is 38.3 Å². The summed E-state index contributed by atoms with van der Waals surface area (Å²) in [5.74, 6) is 0.305. The monoisotopic (exact) mass is 284 g/mol. The number of rotatable bonds is 6. The van der Waals surface area contributed by atoms with E-state index in [0.717, 1.165) is 17.5 Å². The third-order valence-electron chi connectivity index (χ3n) is 3.68. The van der Waals surface area contributed by atoms with E-state index < -0.39 is 10.0 Å². The molecule has 0 aliphatic rings. The molecule has 19 heavy (non-hydrogen) atoms. The van der Waals surface area contributed by atoms with Crippen molar-refractivity contribution in [1.82, 2.24) is 4.72 Å². The average Bonchev–Trinajstić information content (AvgIpc) is 2.37. The lowest BCUT2D eigenvalue weighted by molar-refractivity contribution is 0.434. The fraction of sp³-hybridized carbons (Fsp3) is 0.571. The van der Waals surface area contributed by atoms with Crippen LogP contribution < -0.4 is 10.5 Å². The molecular weight excluding hydrogens is 260 g/mol. The predicted molar refractivity (Wildman–Crippen MR) is 78.3 cm³/mol. The van der Waals surface area contributed by atoms with Gasteiger partial charge in [-0.25, -0.2) is 13.1 Å². The summed E-state index contributed by atoms with van der Waals surface area (Å²) >= 11 is 0. The molecule has 0 saturated carbocycles. The van der Waals surface area contributed by atoms with Gasteiger partial charge in [-0.1, -0.05) is 26.3 Å². The highest BCUT2D eigenvalue weighted by Crippen LogP contribution is 2.17. The van der Waals surface area contributed by atoms with E-state index in [0.29, 0.717) is 17.4 Å². The minimum atomic E-state index is -3.45. The Balaban J connectivity index is 2.98. The molecule has 5 heteroatoms. The zero-order valence-electron chi connectivity index (χ0n) is 12.1. The maximum absolute atomic E-state index is 12.3. The zero-order chi connectivity index (χ0) is 14.6. The van der Waals surface area contributed by atoms with E-state index in [1.807, 2.05) is 20.8 Å². The van der Waals surface area contributed by atoms with Crippen LogP contribution in [0.3, 0.4) is 0 Å². The molecule has 1 aromatic rings. The molecule has 0 radical (unpaired) electrons. The number of nitrogens with one attached hydrogen (secondary N) is 1. The van der Waals surface area contributed by atoms with E-state index >= 15 is 0 Å². The first kappa shape index (κ1) is 16.1. The Labute approximate surface area is 116 Å². The third-order valence-corrected chi connectivity index (χ3v) is 5.24. The smallest absolute Gasteiger partial charge is 0.240 e. The van der Waals surface area contributed by atoms with Gasteiger partial charge in [0, 0.05) is 12.6 Å². The van der Waals surface area contributed by atoms with Gasteiger partial charge in [0.15, 0.2) is 0 Å². The third kappa shape index (κ3) is 4.03. The Hall–Kier alpha value is -0.910. The number of sulfonamides is 1. The normalized spacial score (nSPS) is 15.2. The molecule has 0 saturated heterocycles. The van der Waals surface area contributed by atoms with Gasteiger partial charge in [0.25, 0.3) is 0 Å². The highest BCUT2D eigenvalue weighted by Gasteiger charge is 2.20. The SMILES string of the molecule is CCC(C)C(C)NS(=O)(=O)c1ccc(CN)c(C)c1. The molecule has 3 N–H and O–H groups in total. The maximum atomic E-state index is 12.3. The van der Waals surface area contributed by atoms with Gasteiger partial charge < -0.3 is 5.73 Å². The molecule has 0 heterocycles. The molecule has 4 nitrogen and oxygen atoms in total. The van der Waals surface area contributed by atoms with Crippen LogP contribution in [-0.2, 0) is 16.6 Å². The number of benzene rings is 1. The topological polar surface area (TPSA) is 72.2 Å². The largest absolute Gasteiger partial charge is 0.326 e. The van der Waals surface area contributed by atoms with Gasteiger partial charge in [-0.3, -0.25) is 0 Å². The van der Waals surface area contributed by atoms with Crippen molar-refractivity contribution < 1.29 is 8.42 Å². The first-order valence-corrected chi connectivity index (χ1v) is 8.12. The highest BCUT2D eigenvalue weighted by atomic mass is 32.2. The summed E-state index contributed by atoms with van der Waals surface area (Å²) < 4.78 is 27.3. The lowest BCUT2D eigenvalue weighted by Crippen LogP contribution is -2.36. The van der Waals surface area contributed by atoms with Gasteiger partial charge in [0.1, 0.15) is 0 Å². The van der Waals surface area contributed by atoms with Gasteiger partial charge in [-0.05, 0) is 43.0 Å². The molecule has 0 aromatic heterocycles. The molecule has 1 rings (SSSR count). The van der Waals surface area contributed by atoms with Gasteiger partial charge in [-0.2, -0.15) is 0 Å². The lowest BCUT2D eigenvalue weighted by Gasteiger charge is -2.20. The fourth-order valence-electron chi connectivity index (χ4n) is 1.85. The molecule has 108 valence electrons. The number of hydrogen-bond donors (Lipinski definition) is 2. The summed E-state index contributed by atoms with van der Waals surface area (Å²) in [5.41, 5.74) is 7.45. The van der Waals surface area contributed by atoms with E-state index in [-0.39, 0.29) is 6.04 Å². The van der Waals surface area contributed by atoms with Crippen LogP contribution in [0.2, 0.25) is 0 Å². The summed E-state index contributed by atoms with van der Waals surface area (Å²) in [4.78, 5) is 0.303. The van der Waals surface area contributed by atoms with Crippen LogP contribution in [-0.4, -0.2) is 14.5 Å². The Morgan fingerprint density at radius 2 is 1.95 bits per heavy atom. The van der Waals surface area contributed by atoms with Crippen LogP contribution >= 0.6 is 0 Å². The second-order valence-electron chi connectivity index (χ2n) is 5.09. The second-order valence-corrected chi connectivity index (χ2v) is 6.80. The molecule has 1 aromatic carbocycles. The van der Waals surface area contributed by atoms with Crippen LogP contribution in [0.4, 0.5) is 0 Å². The van der Waals surface area contributed by atoms with E-state index in [4.69, 9.17) is 5.73 Å². The van der Waals surface area contributed by atoms with Crippen molar-refractivity contribution in [2.45, 2.75) is 51.6 Å². The number of aryl methyl sites for hydroxylation is 1. The second kappa shape index (κ2) is 6.50. The van der Waals surface area contributed by atoms with Crippen molar-refractivity contribution in [1.29, 1.82) is 0 Å². The summed E-state index contributed by atoms with van der Waals surface area (Å²) in [5, 5.41) is 0. The van der Waals surface area contributed by atoms with Crippen molar-refractivity contribution >= 4 is 10.0 Å².